The van der Waals surface area contributed by atoms with E-state index in [4.69, 9.17) is 0 Å². The van der Waals surface area contributed by atoms with Crippen LogP contribution in [0.5, 0.6) is 0 Å². The molecule has 2 N–H and O–H groups in total. The molecule has 0 radical (unpaired) electrons. The second-order valence-corrected chi connectivity index (χ2v) is 10.1. The molecule has 0 amide bonds. The molecule has 0 aliphatic heterocycles. The summed E-state index contributed by atoms with van der Waals surface area (Å²) >= 11 is 0. The number of benzene rings is 2. The van der Waals surface area contributed by atoms with Gasteiger partial charge in [-0.05, 0) is 50.2 Å². The number of sulfonamides is 1. The Morgan fingerprint density at radius 2 is 1.70 bits per heavy atom. The molecule has 0 aliphatic rings. The molecule has 0 bridgehead atoms. The van der Waals surface area contributed by atoms with Crippen molar-refractivity contribution in [1.82, 2.24) is 4.72 Å². The molecule has 0 saturated heterocycles. The fraction of sp³-hybridized carbons (Fsp3) is 0.211. The number of aliphatic imine (C=N–C) groups is 3. The van der Waals surface area contributed by atoms with E-state index in [0.717, 1.165) is 6.26 Å². The Hall–Kier alpha value is -2.89. The van der Waals surface area contributed by atoms with Gasteiger partial charge >= 0.3 is 0 Å². The summed E-state index contributed by atoms with van der Waals surface area (Å²) in [6, 6.07) is 12.5. The lowest BCUT2D eigenvalue weighted by Crippen LogP contribution is -2.19. The van der Waals surface area contributed by atoms with Crippen LogP contribution in [0.2, 0.25) is 0 Å². The molecule has 0 unspecified atom stereocenters. The largest absolute Gasteiger partial charge is 0.344 e. The molecule has 2 rings (SSSR count). The zero-order valence-corrected chi connectivity index (χ0v) is 18.5. The lowest BCUT2D eigenvalue weighted by molar-refractivity contribution is 0.588. The van der Waals surface area contributed by atoms with Crippen LogP contribution >= 0.6 is 0 Å². The minimum Gasteiger partial charge on any atom is -0.344 e. The molecular weight excluding hydrogens is 426 g/mol. The van der Waals surface area contributed by atoms with E-state index in [2.05, 4.69) is 31.7 Å². The fourth-order valence-electron chi connectivity index (χ4n) is 2.42. The summed E-state index contributed by atoms with van der Waals surface area (Å²) in [5.74, 6) is 0.784. The maximum Gasteiger partial charge on any atom is 0.240 e. The van der Waals surface area contributed by atoms with Crippen LogP contribution in [0, 0.1) is 0 Å². The summed E-state index contributed by atoms with van der Waals surface area (Å²) in [5.41, 5.74) is 0.937. The van der Waals surface area contributed by atoms with Crippen LogP contribution in [0.1, 0.15) is 6.42 Å². The standard InChI is InChI=1S/C19H23N5O4S2/c1-20-18(23-14-7-5-9-16(11-14)29(4,25)26)13-19(21-2)24-15-8-6-10-17(12-15)30(27,28)22-3/h5-12,22H,1,13H2,2-4H3,(H,21,24). The van der Waals surface area contributed by atoms with Crippen molar-refractivity contribution in [2.45, 2.75) is 16.2 Å². The third-order valence-corrected chi connectivity index (χ3v) is 6.51. The monoisotopic (exact) mass is 449 g/mol. The SMILES string of the molecule is C=NC(CC(=NC)Nc1cccc(S(=O)(=O)NC)c1)=Nc1cccc(S(C)(=O)=O)c1. The number of amidine groups is 2. The molecule has 0 aliphatic carbocycles. The summed E-state index contributed by atoms with van der Waals surface area (Å²) < 4.78 is 49.7. The first-order chi connectivity index (χ1) is 14.1. The molecule has 0 atom stereocenters. The van der Waals surface area contributed by atoms with E-state index in [0.29, 0.717) is 23.0 Å². The van der Waals surface area contributed by atoms with Crippen LogP contribution in [0.15, 0.2) is 73.3 Å². The molecular formula is C19H23N5O4S2. The third kappa shape index (κ3) is 6.31. The number of anilines is 1. The van der Waals surface area contributed by atoms with E-state index in [9.17, 15) is 16.8 Å². The lowest BCUT2D eigenvalue weighted by Gasteiger charge is -2.11. The Balaban J connectivity index is 2.25. The van der Waals surface area contributed by atoms with Crippen molar-refractivity contribution in [3.63, 3.8) is 0 Å². The molecule has 30 heavy (non-hydrogen) atoms. The van der Waals surface area contributed by atoms with Gasteiger partial charge in [0.25, 0.3) is 0 Å². The number of nitrogens with zero attached hydrogens (tertiary/aromatic N) is 3. The summed E-state index contributed by atoms with van der Waals surface area (Å²) in [5, 5.41) is 3.04. The van der Waals surface area contributed by atoms with Crippen molar-refractivity contribution in [3.8, 4) is 0 Å². The molecule has 11 heteroatoms. The van der Waals surface area contributed by atoms with Gasteiger partial charge in [0.2, 0.25) is 10.0 Å². The first-order valence-corrected chi connectivity index (χ1v) is 12.1. The van der Waals surface area contributed by atoms with Gasteiger partial charge in [-0.3, -0.25) is 4.99 Å². The average Bonchev–Trinajstić information content (AvgIpc) is 2.72. The van der Waals surface area contributed by atoms with Gasteiger partial charge in [0.05, 0.1) is 21.9 Å². The van der Waals surface area contributed by atoms with Crippen molar-refractivity contribution in [3.05, 3.63) is 48.5 Å². The second-order valence-electron chi connectivity index (χ2n) is 6.16. The van der Waals surface area contributed by atoms with Gasteiger partial charge in [-0.15, -0.1) is 0 Å². The Morgan fingerprint density at radius 1 is 1.03 bits per heavy atom. The topological polar surface area (TPSA) is 129 Å². The number of nitrogens with one attached hydrogen (secondary N) is 2. The van der Waals surface area contributed by atoms with Gasteiger partial charge in [0.1, 0.15) is 11.7 Å². The highest BCUT2D eigenvalue weighted by Gasteiger charge is 2.13. The average molecular weight is 450 g/mol. The predicted molar refractivity (Wildman–Crippen MR) is 120 cm³/mol. The quantitative estimate of drug-likeness (QED) is 0.495. The van der Waals surface area contributed by atoms with E-state index in [1.54, 1.807) is 31.3 Å². The van der Waals surface area contributed by atoms with Crippen LogP contribution in [0.3, 0.4) is 0 Å². The molecule has 9 nitrogen and oxygen atoms in total. The van der Waals surface area contributed by atoms with E-state index in [1.807, 2.05) is 0 Å². The highest BCUT2D eigenvalue weighted by Crippen LogP contribution is 2.19. The summed E-state index contributed by atoms with van der Waals surface area (Å²) in [6.45, 7) is 3.51. The fourth-order valence-corrected chi connectivity index (χ4v) is 3.85. The third-order valence-electron chi connectivity index (χ3n) is 3.98. The van der Waals surface area contributed by atoms with Gasteiger partial charge in [0, 0.05) is 19.0 Å². The minimum atomic E-state index is -3.58. The van der Waals surface area contributed by atoms with Crippen molar-refractivity contribution in [1.29, 1.82) is 0 Å². The van der Waals surface area contributed by atoms with E-state index < -0.39 is 19.9 Å². The molecule has 160 valence electrons. The second kappa shape index (κ2) is 9.74. The van der Waals surface area contributed by atoms with Crippen molar-refractivity contribution in [2.75, 3.05) is 25.7 Å². The minimum absolute atomic E-state index is 0.110. The maximum absolute atomic E-state index is 12.0. The highest BCUT2D eigenvalue weighted by molar-refractivity contribution is 7.90. The zero-order chi connectivity index (χ0) is 22.4. The number of sulfone groups is 1. The molecule has 0 heterocycles. The van der Waals surface area contributed by atoms with Gasteiger partial charge in [0.15, 0.2) is 9.84 Å². The Morgan fingerprint density at radius 3 is 2.30 bits per heavy atom. The van der Waals surface area contributed by atoms with Gasteiger partial charge in [-0.1, -0.05) is 12.1 Å². The molecule has 0 aromatic heterocycles. The molecule has 0 saturated carbocycles. The first-order valence-electron chi connectivity index (χ1n) is 8.69. The van der Waals surface area contributed by atoms with Crippen molar-refractivity contribution in [2.24, 2.45) is 15.0 Å². The Labute approximate surface area is 176 Å². The van der Waals surface area contributed by atoms with Crippen LogP contribution in [-0.2, 0) is 19.9 Å². The summed E-state index contributed by atoms with van der Waals surface area (Å²) in [6.07, 6.45) is 1.29. The molecule has 0 spiro atoms. The van der Waals surface area contributed by atoms with Gasteiger partial charge in [-0.2, -0.15) is 0 Å². The van der Waals surface area contributed by atoms with Gasteiger partial charge in [-0.25, -0.2) is 31.5 Å². The van der Waals surface area contributed by atoms with E-state index in [1.165, 1.54) is 31.3 Å². The molecule has 0 fully saturated rings. The van der Waals surface area contributed by atoms with E-state index >= 15 is 0 Å². The number of hydrogen-bond donors (Lipinski definition) is 2. The molecule has 2 aromatic carbocycles. The highest BCUT2D eigenvalue weighted by atomic mass is 32.2. The van der Waals surface area contributed by atoms with Crippen LogP contribution < -0.4 is 10.0 Å². The number of hydrogen-bond acceptors (Lipinski definition) is 6. The lowest BCUT2D eigenvalue weighted by atomic mass is 10.3. The Bertz CT molecular complexity index is 1200. The number of rotatable bonds is 7. The Kier molecular flexibility index (Phi) is 7.59. The zero-order valence-electron chi connectivity index (χ0n) is 16.8. The maximum atomic E-state index is 12.0. The van der Waals surface area contributed by atoms with E-state index in [-0.39, 0.29) is 16.2 Å². The van der Waals surface area contributed by atoms with Crippen molar-refractivity contribution < 1.29 is 16.8 Å². The van der Waals surface area contributed by atoms with Crippen LogP contribution in [0.4, 0.5) is 11.4 Å². The summed E-state index contributed by atoms with van der Waals surface area (Å²) in [7, 11) is -4.03. The van der Waals surface area contributed by atoms with Crippen LogP contribution in [0.25, 0.3) is 0 Å². The first kappa shape index (κ1) is 23.4. The molecule has 2 aromatic rings. The summed E-state index contributed by atoms with van der Waals surface area (Å²) in [4.78, 5) is 12.7. The predicted octanol–water partition coefficient (Wildman–Crippen LogP) is 2.26. The van der Waals surface area contributed by atoms with Gasteiger partial charge < -0.3 is 5.32 Å². The normalized spacial score (nSPS) is 13.2. The van der Waals surface area contributed by atoms with Crippen LogP contribution in [-0.4, -0.2) is 55.6 Å². The van der Waals surface area contributed by atoms with Crippen molar-refractivity contribution >= 4 is 49.6 Å². The smallest absolute Gasteiger partial charge is 0.240 e.